The second-order valence-corrected chi connectivity index (χ2v) is 6.37. The highest BCUT2D eigenvalue weighted by atomic mass is 79.9. The van der Waals surface area contributed by atoms with Gasteiger partial charge in [-0.3, -0.25) is 4.79 Å². The van der Waals surface area contributed by atoms with Gasteiger partial charge in [-0.2, -0.15) is 0 Å². The Morgan fingerprint density at radius 3 is 2.91 bits per heavy atom. The molecule has 114 valence electrons. The van der Waals surface area contributed by atoms with E-state index in [0.717, 1.165) is 11.3 Å². The smallest absolute Gasteiger partial charge is 0.231 e. The molecule has 0 saturated carbocycles. The van der Waals surface area contributed by atoms with Crippen molar-refractivity contribution >= 4 is 39.1 Å². The number of nitrogens with one attached hydrogen (secondary N) is 1. The normalized spacial score (nSPS) is 16.6. The highest BCUT2D eigenvalue weighted by Gasteiger charge is 2.26. The maximum Gasteiger partial charge on any atom is 0.231 e. The lowest BCUT2D eigenvalue weighted by atomic mass is 9.96. The van der Waals surface area contributed by atoms with Gasteiger partial charge in [0.15, 0.2) is 0 Å². The van der Waals surface area contributed by atoms with E-state index >= 15 is 0 Å². The molecule has 1 atom stereocenters. The zero-order valence-corrected chi connectivity index (χ0v) is 13.7. The Balaban J connectivity index is 1.74. The number of hydrogen-bond donors (Lipinski definition) is 1. The van der Waals surface area contributed by atoms with E-state index in [2.05, 4.69) is 21.2 Å². The van der Waals surface area contributed by atoms with Gasteiger partial charge in [-0.25, -0.2) is 4.39 Å². The fourth-order valence-corrected chi connectivity index (χ4v) is 3.00. The van der Waals surface area contributed by atoms with Gasteiger partial charge in [0.05, 0.1) is 11.6 Å². The Morgan fingerprint density at radius 2 is 2.14 bits per heavy atom. The van der Waals surface area contributed by atoms with Gasteiger partial charge in [-0.05, 0) is 64.3 Å². The quantitative estimate of drug-likeness (QED) is 0.832. The summed E-state index contributed by atoms with van der Waals surface area (Å²) in [4.78, 5) is 12.4. The van der Waals surface area contributed by atoms with Crippen molar-refractivity contribution < 1.29 is 13.9 Å². The van der Waals surface area contributed by atoms with E-state index in [1.54, 1.807) is 6.07 Å². The third-order valence-corrected chi connectivity index (χ3v) is 4.38. The number of amides is 1. The van der Waals surface area contributed by atoms with Gasteiger partial charge in [0.2, 0.25) is 5.91 Å². The van der Waals surface area contributed by atoms with E-state index in [1.807, 2.05) is 12.1 Å². The lowest BCUT2D eigenvalue weighted by Gasteiger charge is -2.25. The van der Waals surface area contributed by atoms with E-state index in [0.29, 0.717) is 28.2 Å². The molecule has 3 rings (SSSR count). The molecular formula is C16H12BrClFNO2. The van der Waals surface area contributed by atoms with Crippen LogP contribution < -0.4 is 10.1 Å². The van der Waals surface area contributed by atoms with Crippen LogP contribution in [0.1, 0.15) is 5.56 Å². The predicted octanol–water partition coefficient (Wildman–Crippen LogP) is 4.43. The third-order valence-electron chi connectivity index (χ3n) is 3.49. The average molecular weight is 385 g/mol. The van der Waals surface area contributed by atoms with Crippen LogP contribution in [0, 0.1) is 11.7 Å². The van der Waals surface area contributed by atoms with Gasteiger partial charge in [0.1, 0.15) is 18.2 Å². The van der Waals surface area contributed by atoms with Crippen LogP contribution in [-0.2, 0) is 11.2 Å². The molecule has 1 N–H and O–H groups in total. The minimum absolute atomic E-state index is 0.169. The maximum absolute atomic E-state index is 13.1. The standard InChI is InChI=1S/C16H12BrClFNO2/c17-13-7-12(19)2-3-14(13)20-16(21)10-5-9-6-11(18)1-4-15(9)22-8-10/h1-4,6-7,10H,5,8H2,(H,20,21). The summed E-state index contributed by atoms with van der Waals surface area (Å²) in [6.45, 7) is 0.305. The number of carbonyl (C=O) groups excluding carboxylic acids is 1. The Kier molecular flexibility index (Phi) is 4.36. The highest BCUT2D eigenvalue weighted by Crippen LogP contribution is 2.31. The summed E-state index contributed by atoms with van der Waals surface area (Å²) in [5.41, 5.74) is 1.44. The molecule has 22 heavy (non-hydrogen) atoms. The summed E-state index contributed by atoms with van der Waals surface area (Å²) >= 11 is 9.20. The predicted molar refractivity (Wildman–Crippen MR) is 86.9 cm³/mol. The maximum atomic E-state index is 13.1. The van der Waals surface area contributed by atoms with E-state index in [4.69, 9.17) is 16.3 Å². The topological polar surface area (TPSA) is 38.3 Å². The summed E-state index contributed by atoms with van der Waals surface area (Å²) in [6.07, 6.45) is 0.556. The van der Waals surface area contributed by atoms with Gasteiger partial charge in [-0.15, -0.1) is 0 Å². The highest BCUT2D eigenvalue weighted by molar-refractivity contribution is 9.10. The number of ether oxygens (including phenoxy) is 1. The molecule has 1 amide bonds. The Bertz CT molecular complexity index is 738. The summed E-state index contributed by atoms with van der Waals surface area (Å²) < 4.78 is 19.2. The molecular weight excluding hydrogens is 373 g/mol. The van der Waals surface area contributed by atoms with Crippen LogP contribution in [-0.4, -0.2) is 12.5 Å². The van der Waals surface area contributed by atoms with E-state index in [1.165, 1.54) is 18.2 Å². The van der Waals surface area contributed by atoms with E-state index < -0.39 is 0 Å². The van der Waals surface area contributed by atoms with Gasteiger partial charge >= 0.3 is 0 Å². The lowest BCUT2D eigenvalue weighted by molar-refractivity contribution is -0.121. The second kappa shape index (κ2) is 6.26. The van der Waals surface area contributed by atoms with Crippen molar-refractivity contribution in [3.05, 3.63) is 57.3 Å². The molecule has 2 aromatic carbocycles. The number of fused-ring (bicyclic) bond motifs is 1. The molecule has 0 fully saturated rings. The second-order valence-electron chi connectivity index (χ2n) is 5.08. The molecule has 1 aliphatic rings. The van der Waals surface area contributed by atoms with Crippen molar-refractivity contribution in [1.82, 2.24) is 0 Å². The number of rotatable bonds is 2. The first-order chi connectivity index (χ1) is 10.5. The molecule has 0 aromatic heterocycles. The molecule has 0 spiro atoms. The molecule has 2 aromatic rings. The van der Waals surface area contributed by atoms with Gasteiger partial charge in [0.25, 0.3) is 0 Å². The fourth-order valence-electron chi connectivity index (χ4n) is 2.36. The van der Waals surface area contributed by atoms with Crippen molar-refractivity contribution in [2.75, 3.05) is 11.9 Å². The van der Waals surface area contributed by atoms with Crippen LogP contribution in [0.25, 0.3) is 0 Å². The molecule has 6 heteroatoms. The van der Waals surface area contributed by atoms with Crippen molar-refractivity contribution in [2.24, 2.45) is 5.92 Å². The van der Waals surface area contributed by atoms with Crippen LogP contribution in [0.3, 0.4) is 0 Å². The SMILES string of the molecule is O=C(Nc1ccc(F)cc1Br)C1COc2ccc(Cl)cc2C1. The number of anilines is 1. The van der Waals surface area contributed by atoms with Crippen LogP contribution >= 0.6 is 27.5 Å². The number of halogens is 3. The monoisotopic (exact) mass is 383 g/mol. The Labute approximate surface area is 140 Å². The third kappa shape index (κ3) is 3.25. The molecule has 0 radical (unpaired) electrons. The van der Waals surface area contributed by atoms with Gasteiger partial charge < -0.3 is 10.1 Å². The molecule has 0 saturated heterocycles. The Hall–Kier alpha value is -1.59. The molecule has 3 nitrogen and oxygen atoms in total. The minimum Gasteiger partial charge on any atom is -0.492 e. The van der Waals surface area contributed by atoms with Crippen molar-refractivity contribution in [3.63, 3.8) is 0 Å². The van der Waals surface area contributed by atoms with Crippen LogP contribution in [0.5, 0.6) is 5.75 Å². The van der Waals surface area contributed by atoms with Crippen LogP contribution in [0.4, 0.5) is 10.1 Å². The molecule has 0 aliphatic carbocycles. The molecule has 1 heterocycles. The zero-order valence-electron chi connectivity index (χ0n) is 11.4. The number of carbonyl (C=O) groups is 1. The van der Waals surface area contributed by atoms with Gasteiger partial charge in [0, 0.05) is 9.50 Å². The van der Waals surface area contributed by atoms with Gasteiger partial charge in [-0.1, -0.05) is 11.6 Å². The van der Waals surface area contributed by atoms with Crippen molar-refractivity contribution in [1.29, 1.82) is 0 Å². The fraction of sp³-hybridized carbons (Fsp3) is 0.188. The van der Waals surface area contributed by atoms with Crippen LogP contribution in [0.15, 0.2) is 40.9 Å². The molecule has 1 unspecified atom stereocenters. The summed E-state index contributed by atoms with van der Waals surface area (Å²) in [7, 11) is 0. The van der Waals surface area contributed by atoms with E-state index in [-0.39, 0.29) is 17.6 Å². The molecule has 0 bridgehead atoms. The summed E-state index contributed by atoms with van der Waals surface area (Å²) in [5.74, 6) is -0.0910. The number of hydrogen-bond acceptors (Lipinski definition) is 2. The summed E-state index contributed by atoms with van der Waals surface area (Å²) in [5, 5.41) is 3.40. The minimum atomic E-state index is -0.366. The molecule has 1 aliphatic heterocycles. The average Bonchev–Trinajstić information content (AvgIpc) is 2.49. The van der Waals surface area contributed by atoms with Crippen molar-refractivity contribution in [3.8, 4) is 5.75 Å². The lowest BCUT2D eigenvalue weighted by Crippen LogP contribution is -2.32. The Morgan fingerprint density at radius 1 is 1.32 bits per heavy atom. The first-order valence-corrected chi connectivity index (χ1v) is 7.87. The number of benzene rings is 2. The summed E-state index contributed by atoms with van der Waals surface area (Å²) in [6, 6.07) is 9.50. The first kappa shape index (κ1) is 15.3. The first-order valence-electron chi connectivity index (χ1n) is 6.70. The largest absolute Gasteiger partial charge is 0.492 e. The van der Waals surface area contributed by atoms with Crippen molar-refractivity contribution in [2.45, 2.75) is 6.42 Å². The van der Waals surface area contributed by atoms with Crippen LogP contribution in [0.2, 0.25) is 5.02 Å². The zero-order chi connectivity index (χ0) is 15.7. The van der Waals surface area contributed by atoms with E-state index in [9.17, 15) is 9.18 Å².